The minimum Gasteiger partial charge on any atom is -0.493 e. The van der Waals surface area contributed by atoms with Crippen LogP contribution in [0.2, 0.25) is 0 Å². The number of nitrogens with one attached hydrogen (secondary N) is 2. The number of benzene rings is 2. The summed E-state index contributed by atoms with van der Waals surface area (Å²) in [5.74, 6) is 1.44. The van der Waals surface area contributed by atoms with Gasteiger partial charge in [-0.2, -0.15) is 5.10 Å². The third-order valence-corrected chi connectivity index (χ3v) is 5.44. The molecule has 2 aromatic carbocycles. The Bertz CT molecular complexity index is 953. The van der Waals surface area contributed by atoms with Crippen molar-refractivity contribution in [2.45, 2.75) is 44.6 Å². The Morgan fingerprint density at radius 1 is 0.970 bits per heavy atom. The van der Waals surface area contributed by atoms with E-state index in [1.54, 1.807) is 62.9 Å². The largest absolute Gasteiger partial charge is 0.493 e. The SMILES string of the molecule is COc1ccc(CC(=O)N/N=C/c2ccc(OCC(=O)NC3CCCCC3)cc2)cc1OC. The van der Waals surface area contributed by atoms with E-state index in [1.165, 1.54) is 19.3 Å². The van der Waals surface area contributed by atoms with E-state index in [0.29, 0.717) is 17.2 Å². The first-order chi connectivity index (χ1) is 16.1. The standard InChI is InChI=1S/C25H31N3O5/c1-31-22-13-10-19(14-23(22)32-2)15-24(29)28-26-16-18-8-11-21(12-9-18)33-17-25(30)27-20-6-4-3-5-7-20/h8-14,16,20H,3-7,15,17H2,1-2H3,(H,27,30)(H,28,29)/b26-16+. The molecule has 1 fully saturated rings. The van der Waals surface area contributed by atoms with Gasteiger partial charge < -0.3 is 19.5 Å². The molecule has 0 saturated heterocycles. The lowest BCUT2D eigenvalue weighted by Gasteiger charge is -2.22. The highest BCUT2D eigenvalue weighted by Crippen LogP contribution is 2.27. The van der Waals surface area contributed by atoms with Gasteiger partial charge in [0.25, 0.3) is 5.91 Å². The van der Waals surface area contributed by atoms with Crippen molar-refractivity contribution < 1.29 is 23.8 Å². The van der Waals surface area contributed by atoms with Gasteiger partial charge in [-0.25, -0.2) is 5.43 Å². The maximum absolute atomic E-state index is 12.1. The van der Waals surface area contributed by atoms with Gasteiger partial charge in [-0.05, 0) is 60.4 Å². The number of rotatable bonds is 10. The smallest absolute Gasteiger partial charge is 0.258 e. The van der Waals surface area contributed by atoms with Crippen LogP contribution in [0.25, 0.3) is 0 Å². The van der Waals surface area contributed by atoms with Gasteiger partial charge in [-0.1, -0.05) is 25.3 Å². The third-order valence-electron chi connectivity index (χ3n) is 5.44. The van der Waals surface area contributed by atoms with Crippen LogP contribution in [0.4, 0.5) is 0 Å². The Morgan fingerprint density at radius 2 is 1.70 bits per heavy atom. The van der Waals surface area contributed by atoms with Gasteiger partial charge in [-0.3, -0.25) is 9.59 Å². The molecule has 2 amide bonds. The fourth-order valence-corrected chi connectivity index (χ4v) is 3.71. The first-order valence-corrected chi connectivity index (χ1v) is 11.1. The molecule has 1 saturated carbocycles. The Labute approximate surface area is 194 Å². The molecule has 0 aliphatic heterocycles. The molecule has 2 N–H and O–H groups in total. The zero-order valence-electron chi connectivity index (χ0n) is 19.1. The van der Waals surface area contributed by atoms with Crippen molar-refractivity contribution in [2.24, 2.45) is 5.10 Å². The second-order valence-electron chi connectivity index (χ2n) is 7.92. The van der Waals surface area contributed by atoms with Crippen molar-refractivity contribution in [2.75, 3.05) is 20.8 Å². The summed E-state index contributed by atoms with van der Waals surface area (Å²) < 4.78 is 16.0. The lowest BCUT2D eigenvalue weighted by atomic mass is 9.95. The molecule has 0 bridgehead atoms. The molecule has 176 valence electrons. The lowest BCUT2D eigenvalue weighted by molar-refractivity contribution is -0.124. The molecule has 1 aliphatic rings. The number of hydrazone groups is 1. The Hall–Kier alpha value is -3.55. The van der Waals surface area contributed by atoms with Crippen LogP contribution in [-0.4, -0.2) is 44.9 Å². The van der Waals surface area contributed by atoms with Crippen molar-refractivity contribution in [3.63, 3.8) is 0 Å². The minimum absolute atomic E-state index is 0.00383. The molecule has 0 spiro atoms. The van der Waals surface area contributed by atoms with Gasteiger partial charge in [0.15, 0.2) is 18.1 Å². The summed E-state index contributed by atoms with van der Waals surface area (Å²) in [6.07, 6.45) is 7.39. The average molecular weight is 454 g/mol. The minimum atomic E-state index is -0.248. The normalized spacial score (nSPS) is 14.0. The topological polar surface area (TPSA) is 98.3 Å². The summed E-state index contributed by atoms with van der Waals surface area (Å²) in [4.78, 5) is 24.2. The van der Waals surface area contributed by atoms with Crippen molar-refractivity contribution >= 4 is 18.0 Å². The Balaban J connectivity index is 1.41. The van der Waals surface area contributed by atoms with Crippen LogP contribution in [0.15, 0.2) is 47.6 Å². The third kappa shape index (κ3) is 7.82. The maximum Gasteiger partial charge on any atom is 0.258 e. The maximum atomic E-state index is 12.1. The fraction of sp³-hybridized carbons (Fsp3) is 0.400. The van der Waals surface area contributed by atoms with Gasteiger partial charge in [-0.15, -0.1) is 0 Å². The zero-order chi connectivity index (χ0) is 23.5. The molecule has 8 nitrogen and oxygen atoms in total. The lowest BCUT2D eigenvalue weighted by Crippen LogP contribution is -2.38. The van der Waals surface area contributed by atoms with Crippen LogP contribution in [-0.2, 0) is 16.0 Å². The van der Waals surface area contributed by atoms with Gasteiger partial charge in [0.1, 0.15) is 5.75 Å². The summed E-state index contributed by atoms with van der Waals surface area (Å²) in [6, 6.07) is 12.7. The molecule has 2 aromatic rings. The van der Waals surface area contributed by atoms with E-state index in [2.05, 4.69) is 15.8 Å². The summed E-state index contributed by atoms with van der Waals surface area (Å²) in [6.45, 7) is -0.00383. The Morgan fingerprint density at radius 3 is 2.39 bits per heavy atom. The number of hydrogen-bond donors (Lipinski definition) is 2. The second kappa shape index (κ2) is 12.5. The van der Waals surface area contributed by atoms with Crippen LogP contribution >= 0.6 is 0 Å². The zero-order valence-corrected chi connectivity index (χ0v) is 19.1. The van der Waals surface area contributed by atoms with Gasteiger partial charge in [0.2, 0.25) is 5.91 Å². The number of ether oxygens (including phenoxy) is 3. The molecule has 0 atom stereocenters. The van der Waals surface area contributed by atoms with E-state index in [0.717, 1.165) is 24.0 Å². The number of hydrogen-bond acceptors (Lipinski definition) is 6. The van der Waals surface area contributed by atoms with Crippen LogP contribution in [0.1, 0.15) is 43.2 Å². The molecular weight excluding hydrogens is 422 g/mol. The van der Waals surface area contributed by atoms with Crippen LogP contribution in [0.3, 0.4) is 0 Å². The first-order valence-electron chi connectivity index (χ1n) is 11.1. The number of amides is 2. The molecule has 8 heteroatoms. The fourth-order valence-electron chi connectivity index (χ4n) is 3.71. The van der Waals surface area contributed by atoms with E-state index in [-0.39, 0.29) is 30.9 Å². The summed E-state index contributed by atoms with van der Waals surface area (Å²) in [5.41, 5.74) is 4.09. The van der Waals surface area contributed by atoms with Crippen molar-refractivity contribution in [3.05, 3.63) is 53.6 Å². The predicted molar refractivity (Wildman–Crippen MR) is 126 cm³/mol. The number of carbonyl (C=O) groups excluding carboxylic acids is 2. The van der Waals surface area contributed by atoms with E-state index in [1.807, 2.05) is 0 Å². The van der Waals surface area contributed by atoms with E-state index < -0.39 is 0 Å². The highest BCUT2D eigenvalue weighted by atomic mass is 16.5. The number of nitrogens with zero attached hydrogens (tertiary/aromatic N) is 1. The summed E-state index contributed by atoms with van der Waals surface area (Å²) in [5, 5.41) is 7.03. The predicted octanol–water partition coefficient (Wildman–Crippen LogP) is 3.22. The Kier molecular flexibility index (Phi) is 9.11. The van der Waals surface area contributed by atoms with E-state index in [4.69, 9.17) is 14.2 Å². The number of methoxy groups -OCH3 is 2. The van der Waals surface area contributed by atoms with Gasteiger partial charge in [0.05, 0.1) is 26.9 Å². The molecule has 1 aliphatic carbocycles. The molecule has 0 heterocycles. The summed E-state index contributed by atoms with van der Waals surface area (Å²) in [7, 11) is 3.11. The molecular formula is C25H31N3O5. The van der Waals surface area contributed by atoms with Crippen molar-refractivity contribution in [3.8, 4) is 17.2 Å². The molecule has 0 unspecified atom stereocenters. The van der Waals surface area contributed by atoms with Crippen molar-refractivity contribution in [1.29, 1.82) is 0 Å². The molecule has 3 rings (SSSR count). The highest BCUT2D eigenvalue weighted by molar-refractivity contribution is 5.83. The second-order valence-corrected chi connectivity index (χ2v) is 7.92. The van der Waals surface area contributed by atoms with Crippen LogP contribution in [0.5, 0.6) is 17.2 Å². The van der Waals surface area contributed by atoms with Crippen LogP contribution in [0, 0.1) is 0 Å². The monoisotopic (exact) mass is 453 g/mol. The molecule has 0 radical (unpaired) electrons. The quantitative estimate of drug-likeness (QED) is 0.425. The molecule has 33 heavy (non-hydrogen) atoms. The number of carbonyl (C=O) groups is 2. The van der Waals surface area contributed by atoms with Gasteiger partial charge in [0, 0.05) is 6.04 Å². The average Bonchev–Trinajstić information content (AvgIpc) is 2.84. The van der Waals surface area contributed by atoms with E-state index >= 15 is 0 Å². The highest BCUT2D eigenvalue weighted by Gasteiger charge is 2.15. The molecule has 0 aromatic heterocycles. The van der Waals surface area contributed by atoms with Gasteiger partial charge >= 0.3 is 0 Å². The van der Waals surface area contributed by atoms with Crippen molar-refractivity contribution in [1.82, 2.24) is 10.7 Å². The van der Waals surface area contributed by atoms with E-state index in [9.17, 15) is 9.59 Å². The first kappa shape index (κ1) is 24.1. The summed E-state index contributed by atoms with van der Waals surface area (Å²) >= 11 is 0. The van der Waals surface area contributed by atoms with Crippen LogP contribution < -0.4 is 25.0 Å².